The Morgan fingerprint density at radius 2 is 2.06 bits per heavy atom. The van der Waals surface area contributed by atoms with E-state index >= 15 is 0 Å². The predicted molar refractivity (Wildman–Crippen MR) is 63.3 cm³/mol. The molecule has 0 fully saturated rings. The van der Waals surface area contributed by atoms with Gasteiger partial charge in [-0.15, -0.1) is 0 Å². The molecule has 4 heteroatoms. The van der Waals surface area contributed by atoms with E-state index in [1.165, 1.54) is 6.07 Å². The number of hydrogen-bond acceptors (Lipinski definition) is 3. The maximum atomic E-state index is 11.8. The summed E-state index contributed by atoms with van der Waals surface area (Å²) in [5.74, 6) is -0.0756. The monoisotopic (exact) mass is 222 g/mol. The highest BCUT2D eigenvalue weighted by atomic mass is 16.3. The molecule has 0 aliphatic heterocycles. The van der Waals surface area contributed by atoms with E-state index in [1.54, 1.807) is 18.2 Å². The first-order chi connectivity index (χ1) is 7.56. The number of carbonyl (C=O) groups is 1. The second-order valence-electron chi connectivity index (χ2n) is 3.99. The van der Waals surface area contributed by atoms with Crippen molar-refractivity contribution in [2.75, 3.05) is 6.54 Å². The zero-order chi connectivity index (χ0) is 12.1. The van der Waals surface area contributed by atoms with Gasteiger partial charge in [-0.1, -0.05) is 19.1 Å². The van der Waals surface area contributed by atoms with E-state index in [9.17, 15) is 9.90 Å². The second kappa shape index (κ2) is 5.51. The van der Waals surface area contributed by atoms with Crippen LogP contribution in [0.3, 0.4) is 0 Å². The third-order valence-corrected chi connectivity index (χ3v) is 2.73. The Hall–Kier alpha value is -1.55. The number of benzene rings is 1. The van der Waals surface area contributed by atoms with E-state index in [0.717, 1.165) is 0 Å². The van der Waals surface area contributed by atoms with Crippen molar-refractivity contribution >= 4 is 5.91 Å². The van der Waals surface area contributed by atoms with Crippen molar-refractivity contribution < 1.29 is 9.90 Å². The number of phenols is 1. The van der Waals surface area contributed by atoms with Crippen molar-refractivity contribution in [3.63, 3.8) is 0 Å². The van der Waals surface area contributed by atoms with Gasteiger partial charge in [-0.3, -0.25) is 4.79 Å². The fourth-order valence-electron chi connectivity index (χ4n) is 1.30. The van der Waals surface area contributed by atoms with Crippen LogP contribution in [0.1, 0.15) is 24.2 Å². The molecule has 0 heterocycles. The van der Waals surface area contributed by atoms with Crippen molar-refractivity contribution in [3.05, 3.63) is 29.8 Å². The molecule has 2 atom stereocenters. The quantitative estimate of drug-likeness (QED) is 0.714. The molecule has 0 saturated carbocycles. The second-order valence-corrected chi connectivity index (χ2v) is 3.99. The minimum Gasteiger partial charge on any atom is -0.507 e. The maximum Gasteiger partial charge on any atom is 0.255 e. The largest absolute Gasteiger partial charge is 0.507 e. The molecule has 1 amide bonds. The summed E-state index contributed by atoms with van der Waals surface area (Å²) in [4.78, 5) is 11.8. The summed E-state index contributed by atoms with van der Waals surface area (Å²) in [5, 5.41) is 12.3. The van der Waals surface area contributed by atoms with Crippen molar-refractivity contribution in [1.82, 2.24) is 5.32 Å². The Balaban J connectivity index is 2.70. The summed E-state index contributed by atoms with van der Waals surface area (Å²) in [6.07, 6.45) is 0. The van der Waals surface area contributed by atoms with Crippen molar-refractivity contribution in [2.24, 2.45) is 11.7 Å². The van der Waals surface area contributed by atoms with Crippen LogP contribution in [0.5, 0.6) is 5.75 Å². The van der Waals surface area contributed by atoms with Crippen LogP contribution in [-0.4, -0.2) is 23.6 Å². The van der Waals surface area contributed by atoms with Gasteiger partial charge in [0.25, 0.3) is 5.91 Å². The van der Waals surface area contributed by atoms with E-state index in [-0.39, 0.29) is 23.6 Å². The molecule has 1 aromatic rings. The Bertz CT molecular complexity index is 366. The first kappa shape index (κ1) is 12.5. The summed E-state index contributed by atoms with van der Waals surface area (Å²) >= 11 is 0. The molecular weight excluding hydrogens is 204 g/mol. The molecule has 2 unspecified atom stereocenters. The van der Waals surface area contributed by atoms with Crippen molar-refractivity contribution in [2.45, 2.75) is 19.9 Å². The lowest BCUT2D eigenvalue weighted by atomic mass is 10.0. The van der Waals surface area contributed by atoms with E-state index in [2.05, 4.69) is 5.32 Å². The fourth-order valence-corrected chi connectivity index (χ4v) is 1.30. The van der Waals surface area contributed by atoms with Gasteiger partial charge in [0.15, 0.2) is 0 Å². The number of amides is 1. The standard InChI is InChI=1S/C12H18N2O2/c1-8(7-13)9(2)14-12(16)10-5-3-4-6-11(10)15/h3-6,8-9,15H,7,13H2,1-2H3,(H,14,16). The molecule has 0 spiro atoms. The highest BCUT2D eigenvalue weighted by molar-refractivity contribution is 5.96. The normalized spacial score (nSPS) is 14.2. The van der Waals surface area contributed by atoms with Crippen LogP contribution >= 0.6 is 0 Å². The minimum atomic E-state index is -0.272. The number of nitrogens with two attached hydrogens (primary N) is 1. The third kappa shape index (κ3) is 2.97. The molecule has 0 saturated heterocycles. The molecule has 0 bridgehead atoms. The summed E-state index contributed by atoms with van der Waals surface area (Å²) in [7, 11) is 0. The number of phenolic OH excluding ortho intramolecular Hbond substituents is 1. The fraction of sp³-hybridized carbons (Fsp3) is 0.417. The van der Waals surface area contributed by atoms with Crippen molar-refractivity contribution in [1.29, 1.82) is 0 Å². The average molecular weight is 222 g/mol. The Morgan fingerprint density at radius 3 is 2.62 bits per heavy atom. The third-order valence-electron chi connectivity index (χ3n) is 2.73. The van der Waals surface area contributed by atoms with E-state index < -0.39 is 0 Å². The Labute approximate surface area is 95.5 Å². The van der Waals surface area contributed by atoms with Crippen LogP contribution in [0, 0.1) is 5.92 Å². The summed E-state index contributed by atoms with van der Waals surface area (Å²) < 4.78 is 0. The smallest absolute Gasteiger partial charge is 0.255 e. The highest BCUT2D eigenvalue weighted by Gasteiger charge is 2.16. The highest BCUT2D eigenvalue weighted by Crippen LogP contribution is 2.15. The first-order valence-corrected chi connectivity index (χ1v) is 5.35. The van der Waals surface area contributed by atoms with Gasteiger partial charge in [0, 0.05) is 6.04 Å². The van der Waals surface area contributed by atoms with Crippen LogP contribution in [0.15, 0.2) is 24.3 Å². The Morgan fingerprint density at radius 1 is 1.44 bits per heavy atom. The first-order valence-electron chi connectivity index (χ1n) is 5.35. The number of nitrogens with one attached hydrogen (secondary N) is 1. The molecule has 1 aromatic carbocycles. The van der Waals surface area contributed by atoms with Crippen LogP contribution in [0.4, 0.5) is 0 Å². The van der Waals surface area contributed by atoms with E-state index in [1.807, 2.05) is 13.8 Å². The number of hydrogen-bond donors (Lipinski definition) is 3. The van der Waals surface area contributed by atoms with Crippen LogP contribution in [0.25, 0.3) is 0 Å². The van der Waals surface area contributed by atoms with Gasteiger partial charge in [0.2, 0.25) is 0 Å². The van der Waals surface area contributed by atoms with Gasteiger partial charge in [-0.2, -0.15) is 0 Å². The molecule has 88 valence electrons. The molecule has 4 N–H and O–H groups in total. The summed E-state index contributed by atoms with van der Waals surface area (Å²) in [6, 6.07) is 6.46. The number of aromatic hydroxyl groups is 1. The van der Waals surface area contributed by atoms with Gasteiger partial charge >= 0.3 is 0 Å². The molecular formula is C12H18N2O2. The molecule has 0 aliphatic rings. The molecule has 1 rings (SSSR count). The lowest BCUT2D eigenvalue weighted by Crippen LogP contribution is -2.39. The number of para-hydroxylation sites is 1. The van der Waals surface area contributed by atoms with Crippen molar-refractivity contribution in [3.8, 4) is 5.75 Å². The SMILES string of the molecule is CC(CN)C(C)NC(=O)c1ccccc1O. The molecule has 16 heavy (non-hydrogen) atoms. The van der Waals surface area contributed by atoms with Crippen LogP contribution < -0.4 is 11.1 Å². The zero-order valence-electron chi connectivity index (χ0n) is 9.60. The predicted octanol–water partition coefficient (Wildman–Crippen LogP) is 1.11. The lowest BCUT2D eigenvalue weighted by Gasteiger charge is -2.19. The van der Waals surface area contributed by atoms with Crippen LogP contribution in [0.2, 0.25) is 0 Å². The van der Waals surface area contributed by atoms with Gasteiger partial charge in [0.05, 0.1) is 5.56 Å². The molecule has 0 radical (unpaired) electrons. The van der Waals surface area contributed by atoms with Gasteiger partial charge in [0.1, 0.15) is 5.75 Å². The van der Waals surface area contributed by atoms with Gasteiger partial charge in [-0.05, 0) is 31.5 Å². The Kier molecular flexibility index (Phi) is 4.31. The van der Waals surface area contributed by atoms with Gasteiger partial charge in [-0.25, -0.2) is 0 Å². The topological polar surface area (TPSA) is 75.3 Å². The average Bonchev–Trinajstić information content (AvgIpc) is 2.28. The summed E-state index contributed by atoms with van der Waals surface area (Å²) in [5.41, 5.74) is 5.81. The maximum absolute atomic E-state index is 11.8. The number of rotatable bonds is 4. The van der Waals surface area contributed by atoms with E-state index in [4.69, 9.17) is 5.73 Å². The number of carbonyl (C=O) groups excluding carboxylic acids is 1. The van der Waals surface area contributed by atoms with Gasteiger partial charge < -0.3 is 16.2 Å². The minimum absolute atomic E-state index is 0.00685. The zero-order valence-corrected chi connectivity index (χ0v) is 9.60. The molecule has 4 nitrogen and oxygen atoms in total. The molecule has 0 aliphatic carbocycles. The lowest BCUT2D eigenvalue weighted by molar-refractivity contribution is 0.0927. The van der Waals surface area contributed by atoms with E-state index in [0.29, 0.717) is 12.1 Å². The molecule has 0 aromatic heterocycles. The summed E-state index contributed by atoms with van der Waals surface area (Å²) in [6.45, 7) is 4.38. The van der Waals surface area contributed by atoms with Crippen LogP contribution in [-0.2, 0) is 0 Å².